The molecule has 6 N–H and O–H groups in total. The Kier molecular flexibility index (Phi) is 19.6. The lowest BCUT2D eigenvalue weighted by molar-refractivity contribution is -0.302. The molecule has 1 heterocycles. The molecule has 0 radical (unpaired) electrons. The van der Waals surface area contributed by atoms with Gasteiger partial charge in [-0.1, -0.05) is 76.7 Å². The van der Waals surface area contributed by atoms with E-state index in [2.05, 4.69) is 24.4 Å². The lowest BCUT2D eigenvalue weighted by atomic mass is 9.99. The quantitative estimate of drug-likeness (QED) is 0.0956. The average Bonchev–Trinajstić information content (AvgIpc) is 2.91. The van der Waals surface area contributed by atoms with E-state index in [-0.39, 0.29) is 12.5 Å². The van der Waals surface area contributed by atoms with E-state index in [1.165, 1.54) is 25.7 Å². The summed E-state index contributed by atoms with van der Waals surface area (Å²) < 4.78 is 10.9. The molecule has 1 aliphatic heterocycles. The highest BCUT2D eigenvalue weighted by atomic mass is 16.7. The molecular formula is C29H53NO8. The minimum atomic E-state index is -1.56. The number of allylic oxidation sites excluding steroid dienone is 3. The molecule has 0 saturated carbocycles. The standard InChI is InChI=1S/C29H53NO8/c1-3-5-7-8-9-10-11-12-13-14-15-17-19-25(33)30-22(23(32)18-16-6-4-2)21-37-29-28(36)27(35)26(34)24(20-31)38-29/h9-10,16,18,22-24,26-29,31-32,34-36H,3-8,11-15,17,19-21H2,1-2H3,(H,30,33)/b10-9-,18-16+. The van der Waals surface area contributed by atoms with E-state index < -0.39 is 49.5 Å². The highest BCUT2D eigenvalue weighted by Crippen LogP contribution is 2.22. The molecule has 38 heavy (non-hydrogen) atoms. The number of unbranched alkanes of at least 4 members (excludes halogenated alkanes) is 9. The van der Waals surface area contributed by atoms with Crippen molar-refractivity contribution < 1.29 is 39.8 Å². The largest absolute Gasteiger partial charge is 0.394 e. The van der Waals surface area contributed by atoms with Gasteiger partial charge in [-0.25, -0.2) is 0 Å². The third-order valence-electron chi connectivity index (χ3n) is 6.75. The second kappa shape index (κ2) is 21.5. The molecule has 9 heteroatoms. The smallest absolute Gasteiger partial charge is 0.220 e. The number of amides is 1. The van der Waals surface area contributed by atoms with Gasteiger partial charge in [0, 0.05) is 6.42 Å². The van der Waals surface area contributed by atoms with Gasteiger partial charge in [0.05, 0.1) is 25.4 Å². The molecule has 7 unspecified atom stereocenters. The number of hydrogen-bond donors (Lipinski definition) is 6. The third-order valence-corrected chi connectivity index (χ3v) is 6.75. The van der Waals surface area contributed by atoms with Crippen molar-refractivity contribution in [3.05, 3.63) is 24.3 Å². The van der Waals surface area contributed by atoms with Crippen LogP contribution in [0.2, 0.25) is 0 Å². The summed E-state index contributed by atoms with van der Waals surface area (Å²) >= 11 is 0. The van der Waals surface area contributed by atoms with Gasteiger partial charge in [-0.2, -0.15) is 0 Å². The predicted octanol–water partition coefficient (Wildman–Crippen LogP) is 2.87. The number of carbonyl (C=O) groups excluding carboxylic acids is 1. The molecule has 0 aliphatic carbocycles. The Hall–Kier alpha value is -1.33. The number of rotatable bonds is 21. The van der Waals surface area contributed by atoms with Crippen LogP contribution < -0.4 is 5.32 Å². The van der Waals surface area contributed by atoms with Gasteiger partial charge in [0.15, 0.2) is 6.29 Å². The second-order valence-electron chi connectivity index (χ2n) is 10.2. The van der Waals surface area contributed by atoms with Crippen LogP contribution >= 0.6 is 0 Å². The Morgan fingerprint density at radius 1 is 0.868 bits per heavy atom. The van der Waals surface area contributed by atoms with Crippen LogP contribution in [0.15, 0.2) is 24.3 Å². The van der Waals surface area contributed by atoms with Crippen molar-refractivity contribution in [2.45, 2.75) is 140 Å². The molecule has 1 amide bonds. The predicted molar refractivity (Wildman–Crippen MR) is 147 cm³/mol. The molecule has 0 aromatic carbocycles. The van der Waals surface area contributed by atoms with E-state index in [0.29, 0.717) is 6.42 Å². The molecular weight excluding hydrogens is 490 g/mol. The van der Waals surface area contributed by atoms with Crippen molar-refractivity contribution in [2.75, 3.05) is 13.2 Å². The summed E-state index contributed by atoms with van der Waals surface area (Å²) in [6.07, 6.45) is 13.1. The van der Waals surface area contributed by atoms with Crippen LogP contribution in [0.25, 0.3) is 0 Å². The average molecular weight is 544 g/mol. The summed E-state index contributed by atoms with van der Waals surface area (Å²) in [5.41, 5.74) is 0. The molecule has 9 nitrogen and oxygen atoms in total. The molecule has 0 bridgehead atoms. The first-order valence-electron chi connectivity index (χ1n) is 14.6. The van der Waals surface area contributed by atoms with E-state index in [0.717, 1.165) is 51.4 Å². The summed E-state index contributed by atoms with van der Waals surface area (Å²) in [6, 6.07) is -0.799. The van der Waals surface area contributed by atoms with Gasteiger partial charge in [0.1, 0.15) is 24.4 Å². The van der Waals surface area contributed by atoms with Gasteiger partial charge >= 0.3 is 0 Å². The minimum Gasteiger partial charge on any atom is -0.394 e. The van der Waals surface area contributed by atoms with Gasteiger partial charge < -0.3 is 40.3 Å². The lowest BCUT2D eigenvalue weighted by Crippen LogP contribution is -2.60. The Morgan fingerprint density at radius 3 is 2.18 bits per heavy atom. The van der Waals surface area contributed by atoms with Crippen molar-refractivity contribution in [1.29, 1.82) is 0 Å². The zero-order chi connectivity index (χ0) is 28.2. The molecule has 1 rings (SSSR count). The molecule has 222 valence electrons. The number of aliphatic hydroxyl groups excluding tert-OH is 5. The number of aliphatic hydroxyl groups is 5. The van der Waals surface area contributed by atoms with E-state index in [4.69, 9.17) is 9.47 Å². The van der Waals surface area contributed by atoms with E-state index in [1.54, 1.807) is 6.08 Å². The lowest BCUT2D eigenvalue weighted by Gasteiger charge is -2.40. The monoisotopic (exact) mass is 543 g/mol. The summed E-state index contributed by atoms with van der Waals surface area (Å²) in [7, 11) is 0. The molecule has 0 aromatic rings. The molecule has 0 spiro atoms. The summed E-state index contributed by atoms with van der Waals surface area (Å²) in [5, 5.41) is 52.9. The number of carbonyl (C=O) groups is 1. The van der Waals surface area contributed by atoms with Crippen molar-refractivity contribution in [3.8, 4) is 0 Å². The topological polar surface area (TPSA) is 149 Å². The number of hydrogen-bond acceptors (Lipinski definition) is 8. The van der Waals surface area contributed by atoms with E-state index >= 15 is 0 Å². The van der Waals surface area contributed by atoms with Crippen LogP contribution in [-0.2, 0) is 14.3 Å². The van der Waals surface area contributed by atoms with Crippen LogP contribution in [-0.4, -0.2) is 87.5 Å². The van der Waals surface area contributed by atoms with Crippen molar-refractivity contribution in [2.24, 2.45) is 0 Å². The van der Waals surface area contributed by atoms with E-state index in [1.807, 2.05) is 13.0 Å². The van der Waals surface area contributed by atoms with Crippen LogP contribution in [0.3, 0.4) is 0 Å². The zero-order valence-corrected chi connectivity index (χ0v) is 23.4. The second-order valence-corrected chi connectivity index (χ2v) is 10.2. The first-order chi connectivity index (χ1) is 18.3. The fourth-order valence-electron chi connectivity index (χ4n) is 4.27. The summed E-state index contributed by atoms with van der Waals surface area (Å²) in [6.45, 7) is 3.47. The van der Waals surface area contributed by atoms with Crippen LogP contribution in [0, 0.1) is 0 Å². The van der Waals surface area contributed by atoms with Crippen LogP contribution in [0.1, 0.15) is 97.3 Å². The number of nitrogens with one attached hydrogen (secondary N) is 1. The first kappa shape index (κ1) is 34.7. The zero-order valence-electron chi connectivity index (χ0n) is 23.4. The van der Waals surface area contributed by atoms with Gasteiger partial charge in [0.25, 0.3) is 0 Å². The Labute approximate surface area is 228 Å². The minimum absolute atomic E-state index is 0.196. The maximum absolute atomic E-state index is 12.6. The first-order valence-corrected chi connectivity index (χ1v) is 14.6. The van der Waals surface area contributed by atoms with Crippen molar-refractivity contribution in [3.63, 3.8) is 0 Å². The molecule has 7 atom stereocenters. The van der Waals surface area contributed by atoms with Crippen molar-refractivity contribution in [1.82, 2.24) is 5.32 Å². The molecule has 1 aliphatic rings. The Morgan fingerprint density at radius 2 is 1.53 bits per heavy atom. The van der Waals surface area contributed by atoms with Crippen LogP contribution in [0.5, 0.6) is 0 Å². The van der Waals surface area contributed by atoms with Gasteiger partial charge in [-0.3, -0.25) is 4.79 Å². The SMILES string of the molecule is CCC/C=C/C(O)C(COC1OC(CO)C(O)C(O)C1O)NC(=O)CCCCCCC/C=C\CCCCC. The van der Waals surface area contributed by atoms with E-state index in [9.17, 15) is 30.3 Å². The normalized spacial score (nSPS) is 25.7. The fraction of sp³-hybridized carbons (Fsp3) is 0.828. The summed E-state index contributed by atoms with van der Waals surface area (Å²) in [5.74, 6) is -0.203. The Balaban J connectivity index is 2.44. The highest BCUT2D eigenvalue weighted by Gasteiger charge is 2.44. The summed E-state index contributed by atoms with van der Waals surface area (Å²) in [4.78, 5) is 12.6. The number of ether oxygens (including phenoxy) is 2. The molecule has 1 fully saturated rings. The van der Waals surface area contributed by atoms with Gasteiger partial charge in [0.2, 0.25) is 5.91 Å². The maximum Gasteiger partial charge on any atom is 0.220 e. The van der Waals surface area contributed by atoms with Crippen LogP contribution in [0.4, 0.5) is 0 Å². The molecule has 1 saturated heterocycles. The van der Waals surface area contributed by atoms with Crippen molar-refractivity contribution >= 4 is 5.91 Å². The third kappa shape index (κ3) is 14.2. The molecule has 0 aromatic heterocycles. The Bertz CT molecular complexity index is 656. The highest BCUT2D eigenvalue weighted by molar-refractivity contribution is 5.76. The van der Waals surface area contributed by atoms with Gasteiger partial charge in [-0.05, 0) is 38.5 Å². The fourth-order valence-corrected chi connectivity index (χ4v) is 4.27. The maximum atomic E-state index is 12.6. The van der Waals surface area contributed by atoms with Gasteiger partial charge in [-0.15, -0.1) is 0 Å².